The van der Waals surface area contributed by atoms with Crippen molar-refractivity contribution in [2.75, 3.05) is 13.4 Å². The first kappa shape index (κ1) is 10.4. The van der Waals surface area contributed by atoms with Gasteiger partial charge in [0.05, 0.1) is 0 Å². The van der Waals surface area contributed by atoms with E-state index in [1.165, 1.54) is 0 Å². The van der Waals surface area contributed by atoms with Crippen LogP contribution in [0.1, 0.15) is 15.9 Å². The molecule has 0 N–H and O–H groups in total. The highest BCUT2D eigenvalue weighted by Crippen LogP contribution is 2.44. The maximum absolute atomic E-state index is 12.0. The predicted octanol–water partition coefficient (Wildman–Crippen LogP) is 2.75. The quantitative estimate of drug-likeness (QED) is 0.678. The summed E-state index contributed by atoms with van der Waals surface area (Å²) in [5, 5.41) is 1.83. The lowest BCUT2D eigenvalue weighted by atomic mass is 9.96. The second-order valence-corrected chi connectivity index (χ2v) is 4.40. The highest BCUT2D eigenvalue weighted by Gasteiger charge is 2.29. The first-order valence-electron chi connectivity index (χ1n) is 6.04. The van der Waals surface area contributed by atoms with E-state index in [1.54, 1.807) is 0 Å². The monoisotopic (exact) mass is 254 g/mol. The van der Waals surface area contributed by atoms with Crippen molar-refractivity contribution >= 4 is 22.8 Å². The maximum Gasteiger partial charge on any atom is 0.345 e. The van der Waals surface area contributed by atoms with Crippen LogP contribution >= 0.6 is 0 Å². The zero-order valence-electron chi connectivity index (χ0n) is 10.0. The minimum atomic E-state index is -0.363. The average molecular weight is 254 g/mol. The van der Waals surface area contributed by atoms with Crippen molar-refractivity contribution in [3.63, 3.8) is 0 Å². The van der Waals surface area contributed by atoms with Crippen LogP contribution in [-0.2, 0) is 4.74 Å². The molecule has 0 saturated heterocycles. The van der Waals surface area contributed by atoms with E-state index in [4.69, 9.17) is 14.2 Å². The number of esters is 1. The molecule has 0 spiro atoms. The van der Waals surface area contributed by atoms with Crippen molar-refractivity contribution in [1.29, 1.82) is 0 Å². The number of hydrogen-bond donors (Lipinski definition) is 0. The summed E-state index contributed by atoms with van der Waals surface area (Å²) in [6.45, 7) is 0.463. The van der Waals surface area contributed by atoms with Gasteiger partial charge in [0.1, 0.15) is 23.7 Å². The van der Waals surface area contributed by atoms with Gasteiger partial charge in [0.15, 0.2) is 0 Å². The minimum Gasteiger partial charge on any atom is -0.488 e. The topological polar surface area (TPSA) is 44.8 Å². The minimum absolute atomic E-state index is 0.0425. The van der Waals surface area contributed by atoms with Gasteiger partial charge in [0.25, 0.3) is 0 Å². The molecule has 0 fully saturated rings. The fraction of sp³-hybridized carbons (Fsp3) is 0.133. The standard InChI is InChI=1S/C15H10O4/c16-15-12-11-6-3-7-17-13(11)9-4-1-2-5-10(9)14(12)18-8-19-15/h1-6H,7-8H2. The molecule has 0 amide bonds. The Morgan fingerprint density at radius 2 is 1.74 bits per heavy atom. The van der Waals surface area contributed by atoms with Crippen LogP contribution in [0.3, 0.4) is 0 Å². The second kappa shape index (κ2) is 3.75. The van der Waals surface area contributed by atoms with Crippen LogP contribution in [0.15, 0.2) is 30.3 Å². The van der Waals surface area contributed by atoms with Crippen molar-refractivity contribution in [3.05, 3.63) is 41.5 Å². The number of cyclic esters (lactones) is 1. The van der Waals surface area contributed by atoms with Crippen LogP contribution in [0.25, 0.3) is 16.8 Å². The number of carbonyl (C=O) groups excluding carboxylic acids is 1. The largest absolute Gasteiger partial charge is 0.488 e. The van der Waals surface area contributed by atoms with Gasteiger partial charge in [-0.3, -0.25) is 0 Å². The number of rotatable bonds is 0. The first-order chi connectivity index (χ1) is 9.36. The van der Waals surface area contributed by atoms with Crippen molar-refractivity contribution in [2.24, 2.45) is 0 Å². The van der Waals surface area contributed by atoms with Crippen LogP contribution in [-0.4, -0.2) is 19.4 Å². The number of benzene rings is 2. The van der Waals surface area contributed by atoms with Gasteiger partial charge in [0, 0.05) is 16.3 Å². The molecular formula is C15H10O4. The van der Waals surface area contributed by atoms with E-state index >= 15 is 0 Å². The number of carbonyl (C=O) groups is 1. The lowest BCUT2D eigenvalue weighted by molar-refractivity contribution is 0.00543. The van der Waals surface area contributed by atoms with Gasteiger partial charge in [-0.05, 0) is 6.08 Å². The molecule has 19 heavy (non-hydrogen) atoms. The van der Waals surface area contributed by atoms with Crippen molar-refractivity contribution in [1.82, 2.24) is 0 Å². The smallest absolute Gasteiger partial charge is 0.345 e. The molecule has 0 atom stereocenters. The zero-order chi connectivity index (χ0) is 12.8. The van der Waals surface area contributed by atoms with Crippen LogP contribution in [0.2, 0.25) is 0 Å². The molecule has 2 aromatic carbocycles. The molecule has 0 aliphatic carbocycles. The summed E-state index contributed by atoms with van der Waals surface area (Å²) >= 11 is 0. The third kappa shape index (κ3) is 1.37. The highest BCUT2D eigenvalue weighted by atomic mass is 16.7. The third-order valence-corrected chi connectivity index (χ3v) is 3.36. The van der Waals surface area contributed by atoms with Gasteiger partial charge in [-0.1, -0.05) is 30.3 Å². The van der Waals surface area contributed by atoms with Crippen molar-refractivity contribution in [2.45, 2.75) is 0 Å². The van der Waals surface area contributed by atoms with Gasteiger partial charge in [-0.15, -0.1) is 0 Å². The molecule has 0 radical (unpaired) electrons. The van der Waals surface area contributed by atoms with Crippen LogP contribution in [0.5, 0.6) is 11.5 Å². The lowest BCUT2D eigenvalue weighted by Crippen LogP contribution is -2.21. The lowest BCUT2D eigenvalue weighted by Gasteiger charge is -2.24. The average Bonchev–Trinajstić information content (AvgIpc) is 2.47. The molecule has 94 valence electrons. The Balaban J connectivity index is 2.20. The van der Waals surface area contributed by atoms with Crippen LogP contribution in [0.4, 0.5) is 0 Å². The molecule has 2 heterocycles. The van der Waals surface area contributed by atoms with E-state index in [-0.39, 0.29) is 12.8 Å². The van der Waals surface area contributed by atoms with E-state index in [2.05, 4.69) is 0 Å². The summed E-state index contributed by atoms with van der Waals surface area (Å²) in [4.78, 5) is 12.0. The Morgan fingerprint density at radius 1 is 0.947 bits per heavy atom. The molecule has 4 nitrogen and oxygen atoms in total. The summed E-state index contributed by atoms with van der Waals surface area (Å²) in [5.41, 5.74) is 1.19. The van der Waals surface area contributed by atoms with Crippen LogP contribution < -0.4 is 9.47 Å². The van der Waals surface area contributed by atoms with Gasteiger partial charge >= 0.3 is 5.97 Å². The van der Waals surface area contributed by atoms with E-state index in [1.807, 2.05) is 36.4 Å². The zero-order valence-corrected chi connectivity index (χ0v) is 10.0. The van der Waals surface area contributed by atoms with Gasteiger partial charge < -0.3 is 14.2 Å². The molecule has 0 saturated carbocycles. The Labute approximate surface area is 109 Å². The number of ether oxygens (including phenoxy) is 3. The Kier molecular flexibility index (Phi) is 2.06. The van der Waals surface area contributed by atoms with E-state index in [9.17, 15) is 4.79 Å². The molecule has 2 aliphatic rings. The molecule has 4 heteroatoms. The Hall–Kier alpha value is -2.49. The van der Waals surface area contributed by atoms with Gasteiger partial charge in [0.2, 0.25) is 6.79 Å². The van der Waals surface area contributed by atoms with Crippen LogP contribution in [0, 0.1) is 0 Å². The van der Waals surface area contributed by atoms with Gasteiger partial charge in [-0.25, -0.2) is 4.79 Å². The SMILES string of the molecule is O=C1OCOc2c1c1c(c3ccccc23)OCC=C1. The predicted molar refractivity (Wildman–Crippen MR) is 69.4 cm³/mol. The molecule has 0 unspecified atom stereocenters. The Bertz CT molecular complexity index is 730. The molecule has 0 aromatic heterocycles. The summed E-state index contributed by atoms with van der Waals surface area (Å²) in [6, 6.07) is 7.75. The van der Waals surface area contributed by atoms with Crippen molar-refractivity contribution in [3.8, 4) is 11.5 Å². The molecule has 4 rings (SSSR count). The molecule has 0 bridgehead atoms. The summed E-state index contributed by atoms with van der Waals surface area (Å²) < 4.78 is 16.2. The van der Waals surface area contributed by atoms with E-state index < -0.39 is 0 Å². The fourth-order valence-corrected chi connectivity index (χ4v) is 2.57. The Morgan fingerprint density at radius 3 is 2.58 bits per heavy atom. The molecule has 2 aromatic rings. The van der Waals surface area contributed by atoms with E-state index in [0.29, 0.717) is 17.9 Å². The highest BCUT2D eigenvalue weighted by molar-refractivity contribution is 6.09. The van der Waals surface area contributed by atoms with Gasteiger partial charge in [-0.2, -0.15) is 0 Å². The summed E-state index contributed by atoms with van der Waals surface area (Å²) in [5.74, 6) is 0.943. The fourth-order valence-electron chi connectivity index (χ4n) is 2.57. The number of fused-ring (bicyclic) bond motifs is 6. The third-order valence-electron chi connectivity index (χ3n) is 3.36. The second-order valence-electron chi connectivity index (χ2n) is 4.40. The van der Waals surface area contributed by atoms with Crippen molar-refractivity contribution < 1.29 is 19.0 Å². The molecule has 2 aliphatic heterocycles. The van der Waals surface area contributed by atoms with E-state index in [0.717, 1.165) is 22.1 Å². The summed E-state index contributed by atoms with van der Waals surface area (Å²) in [7, 11) is 0. The molecular weight excluding hydrogens is 244 g/mol. The number of hydrogen-bond acceptors (Lipinski definition) is 4. The summed E-state index contributed by atoms with van der Waals surface area (Å²) in [6.07, 6.45) is 3.76. The maximum atomic E-state index is 12.0. The first-order valence-corrected chi connectivity index (χ1v) is 6.04. The normalized spacial score (nSPS) is 16.1.